The normalized spacial score (nSPS) is 14.7. The average molecular weight is 567 g/mol. The summed E-state index contributed by atoms with van der Waals surface area (Å²) in [4.78, 5) is 54.5. The van der Waals surface area contributed by atoms with Crippen LogP contribution in [0.2, 0.25) is 0 Å². The lowest BCUT2D eigenvalue weighted by Crippen LogP contribution is -2.39. The van der Waals surface area contributed by atoms with Crippen LogP contribution < -0.4 is 33.8 Å². The molecule has 1 atom stereocenters. The van der Waals surface area contributed by atoms with Crippen molar-refractivity contribution in [3.05, 3.63) is 78.5 Å². The third-order valence-corrected chi connectivity index (χ3v) is 6.91. The van der Waals surface area contributed by atoms with Crippen LogP contribution in [-0.4, -0.2) is 43.8 Å². The first-order chi connectivity index (χ1) is 19.1. The van der Waals surface area contributed by atoms with Gasteiger partial charge in [0, 0.05) is 13.8 Å². The number of thiazole rings is 1. The second-order valence-corrected chi connectivity index (χ2v) is 9.59. The first-order valence-corrected chi connectivity index (χ1v) is 12.7. The van der Waals surface area contributed by atoms with Crippen LogP contribution in [0.4, 0.5) is 0 Å². The zero-order valence-corrected chi connectivity index (χ0v) is 23.4. The van der Waals surface area contributed by atoms with Crippen molar-refractivity contribution < 1.29 is 38.1 Å². The fourth-order valence-electron chi connectivity index (χ4n) is 4.27. The summed E-state index contributed by atoms with van der Waals surface area (Å²) < 4.78 is 27.9. The van der Waals surface area contributed by atoms with E-state index in [2.05, 4.69) is 4.99 Å². The number of carbonyl (C=O) groups excluding carboxylic acids is 3. The molecule has 0 saturated heterocycles. The van der Waals surface area contributed by atoms with Gasteiger partial charge >= 0.3 is 17.9 Å². The van der Waals surface area contributed by atoms with Gasteiger partial charge in [-0.05, 0) is 48.4 Å². The maximum absolute atomic E-state index is 13.8. The lowest BCUT2D eigenvalue weighted by molar-refractivity contribution is -0.136. The number of carbonyl (C=O) groups is 3. The molecule has 0 fully saturated rings. The van der Waals surface area contributed by atoms with E-state index < -0.39 is 29.5 Å². The number of esters is 3. The smallest absolute Gasteiger partial charge is 0.338 e. The number of hydrogen-bond acceptors (Lipinski definition) is 11. The predicted octanol–water partition coefficient (Wildman–Crippen LogP) is 2.28. The van der Waals surface area contributed by atoms with Crippen molar-refractivity contribution in [1.29, 1.82) is 0 Å². The van der Waals surface area contributed by atoms with Gasteiger partial charge in [0.2, 0.25) is 0 Å². The highest BCUT2D eigenvalue weighted by molar-refractivity contribution is 7.07. The van der Waals surface area contributed by atoms with Gasteiger partial charge in [0.1, 0.15) is 0 Å². The van der Waals surface area contributed by atoms with Gasteiger partial charge in [-0.1, -0.05) is 23.5 Å². The van der Waals surface area contributed by atoms with Gasteiger partial charge in [0.05, 0.1) is 43.2 Å². The Morgan fingerprint density at radius 2 is 1.50 bits per heavy atom. The lowest BCUT2D eigenvalue weighted by Gasteiger charge is -2.25. The minimum absolute atomic E-state index is 0.177. The largest absolute Gasteiger partial charge is 0.493 e. The highest BCUT2D eigenvalue weighted by atomic mass is 32.1. The van der Waals surface area contributed by atoms with Crippen LogP contribution in [0, 0.1) is 0 Å². The van der Waals surface area contributed by atoms with Gasteiger partial charge in [0.15, 0.2) is 27.8 Å². The van der Waals surface area contributed by atoms with Gasteiger partial charge in [0.25, 0.3) is 5.56 Å². The van der Waals surface area contributed by atoms with Crippen molar-refractivity contribution in [2.75, 3.05) is 21.3 Å². The number of rotatable bonds is 7. The van der Waals surface area contributed by atoms with Crippen molar-refractivity contribution in [1.82, 2.24) is 4.57 Å². The Balaban J connectivity index is 1.91. The second-order valence-electron chi connectivity index (χ2n) is 8.58. The summed E-state index contributed by atoms with van der Waals surface area (Å²) in [6.45, 7) is 4.22. The topological polar surface area (TPSA) is 132 Å². The van der Waals surface area contributed by atoms with Crippen LogP contribution in [0.3, 0.4) is 0 Å². The molecule has 208 valence electrons. The molecule has 3 aromatic rings. The fourth-order valence-corrected chi connectivity index (χ4v) is 5.31. The highest BCUT2D eigenvalue weighted by Gasteiger charge is 2.33. The Labute approximate surface area is 232 Å². The SMILES string of the molecule is COC(=O)C1=C(C)N=c2sc(=Cc3ccc(OC(C)=O)c(OC)c3)c(=O)n2C1c1ccc(OC(C)=O)c(OC)c1. The number of benzene rings is 2. The third-order valence-electron chi connectivity index (χ3n) is 5.92. The summed E-state index contributed by atoms with van der Waals surface area (Å²) in [5.74, 6) is -0.659. The molecule has 1 unspecified atom stereocenters. The standard InChI is InChI=1S/C28H26N2O9S/c1-14-24(27(34)37-6)25(18-8-10-20(39-16(3)32)22(13-18)36-5)30-26(33)23(40-28(30)29-14)12-17-7-9-19(38-15(2)31)21(11-17)35-4/h7-13,25H,1-6H3. The van der Waals surface area contributed by atoms with Gasteiger partial charge in [-0.3, -0.25) is 19.0 Å². The Bertz CT molecular complexity index is 1730. The van der Waals surface area contributed by atoms with Gasteiger partial charge in [-0.2, -0.15) is 0 Å². The zero-order valence-electron chi connectivity index (χ0n) is 22.6. The Hall–Kier alpha value is -4.71. The minimum atomic E-state index is -0.896. The minimum Gasteiger partial charge on any atom is -0.493 e. The van der Waals surface area contributed by atoms with Crippen LogP contribution in [-0.2, 0) is 19.1 Å². The summed E-state index contributed by atoms with van der Waals surface area (Å²) in [6, 6.07) is 8.77. The molecule has 0 radical (unpaired) electrons. The third kappa shape index (κ3) is 5.52. The van der Waals surface area contributed by atoms with Gasteiger partial charge in [-0.15, -0.1) is 0 Å². The molecule has 0 saturated carbocycles. The number of methoxy groups -OCH3 is 3. The van der Waals surface area contributed by atoms with Crippen molar-refractivity contribution in [3.8, 4) is 23.0 Å². The van der Waals surface area contributed by atoms with E-state index in [4.69, 9.17) is 23.7 Å². The molecule has 1 aliphatic rings. The van der Waals surface area contributed by atoms with Crippen LogP contribution in [0.1, 0.15) is 37.9 Å². The number of hydrogen-bond donors (Lipinski definition) is 0. The lowest BCUT2D eigenvalue weighted by atomic mass is 9.95. The van der Waals surface area contributed by atoms with Crippen LogP contribution in [0.15, 0.2) is 57.5 Å². The molecule has 2 aromatic carbocycles. The quantitative estimate of drug-likeness (QED) is 0.312. The van der Waals surface area contributed by atoms with Crippen molar-refractivity contribution >= 4 is 35.3 Å². The Kier molecular flexibility index (Phi) is 8.19. The molecule has 2 heterocycles. The molecule has 0 spiro atoms. The van der Waals surface area contributed by atoms with E-state index in [9.17, 15) is 19.2 Å². The van der Waals surface area contributed by atoms with E-state index in [0.717, 1.165) is 11.3 Å². The highest BCUT2D eigenvalue weighted by Crippen LogP contribution is 2.36. The fraction of sp³-hybridized carbons (Fsp3) is 0.250. The first kappa shape index (κ1) is 28.3. The molecule has 4 rings (SSSR count). The second kappa shape index (κ2) is 11.6. The van der Waals surface area contributed by atoms with Crippen LogP contribution >= 0.6 is 11.3 Å². The van der Waals surface area contributed by atoms with E-state index in [1.807, 2.05) is 0 Å². The number of nitrogens with zero attached hydrogens (tertiary/aromatic N) is 2. The zero-order chi connectivity index (χ0) is 29.1. The van der Waals surface area contributed by atoms with E-state index in [0.29, 0.717) is 31.9 Å². The van der Waals surface area contributed by atoms with E-state index in [1.54, 1.807) is 43.3 Å². The van der Waals surface area contributed by atoms with E-state index in [1.165, 1.54) is 45.8 Å². The molecule has 1 aliphatic heterocycles. The molecule has 1 aromatic heterocycles. The molecule has 11 nitrogen and oxygen atoms in total. The molecule has 0 aliphatic carbocycles. The first-order valence-electron chi connectivity index (χ1n) is 11.9. The molecule has 12 heteroatoms. The summed E-state index contributed by atoms with van der Waals surface area (Å²) in [5.41, 5.74) is 1.30. The van der Waals surface area contributed by atoms with E-state index in [-0.39, 0.29) is 22.8 Å². The van der Waals surface area contributed by atoms with Crippen LogP contribution in [0.25, 0.3) is 6.08 Å². The average Bonchev–Trinajstić information content (AvgIpc) is 3.21. The van der Waals surface area contributed by atoms with Crippen LogP contribution in [0.5, 0.6) is 23.0 Å². The number of allylic oxidation sites excluding steroid dienone is 1. The van der Waals surface area contributed by atoms with Gasteiger partial charge in [-0.25, -0.2) is 9.79 Å². The number of fused-ring (bicyclic) bond motifs is 1. The molecule has 0 N–H and O–H groups in total. The monoisotopic (exact) mass is 566 g/mol. The summed E-state index contributed by atoms with van der Waals surface area (Å²) in [6.07, 6.45) is 1.66. The number of ether oxygens (including phenoxy) is 5. The Morgan fingerprint density at radius 1 is 0.900 bits per heavy atom. The van der Waals surface area contributed by atoms with Crippen molar-refractivity contribution in [2.45, 2.75) is 26.8 Å². The number of aromatic nitrogens is 1. The maximum Gasteiger partial charge on any atom is 0.338 e. The van der Waals surface area contributed by atoms with Crippen molar-refractivity contribution in [3.63, 3.8) is 0 Å². The summed E-state index contributed by atoms with van der Waals surface area (Å²) >= 11 is 1.15. The molecular formula is C28H26N2O9S. The maximum atomic E-state index is 13.8. The molecule has 0 amide bonds. The molecule has 0 bridgehead atoms. The Morgan fingerprint density at radius 3 is 2.08 bits per heavy atom. The molecular weight excluding hydrogens is 540 g/mol. The van der Waals surface area contributed by atoms with Crippen molar-refractivity contribution in [2.24, 2.45) is 4.99 Å². The summed E-state index contributed by atoms with van der Waals surface area (Å²) in [5, 5.41) is 0. The molecule has 40 heavy (non-hydrogen) atoms. The summed E-state index contributed by atoms with van der Waals surface area (Å²) in [7, 11) is 4.11. The van der Waals surface area contributed by atoms with Gasteiger partial charge < -0.3 is 23.7 Å². The van der Waals surface area contributed by atoms with E-state index >= 15 is 0 Å². The predicted molar refractivity (Wildman–Crippen MR) is 144 cm³/mol.